The summed E-state index contributed by atoms with van der Waals surface area (Å²) < 4.78 is 11.4. The van der Waals surface area contributed by atoms with E-state index in [-0.39, 0.29) is 12.2 Å². The Kier molecular flexibility index (Phi) is 4.55. The summed E-state index contributed by atoms with van der Waals surface area (Å²) in [5.41, 5.74) is 3.84. The van der Waals surface area contributed by atoms with Crippen LogP contribution in [0.1, 0.15) is 37.6 Å². The van der Waals surface area contributed by atoms with Gasteiger partial charge in [0.05, 0.1) is 36.8 Å². The summed E-state index contributed by atoms with van der Waals surface area (Å²) in [6.07, 6.45) is 3.73. The maximum atomic E-state index is 5.73. The van der Waals surface area contributed by atoms with Gasteiger partial charge < -0.3 is 14.4 Å². The molecule has 0 amide bonds. The summed E-state index contributed by atoms with van der Waals surface area (Å²) in [6.45, 7) is 9.05. The standard InChI is InChI=1S/C19H23N5O2/c1-12(2)26-18-6-15-14(8-20-18)9-21-19(15)16-7-17(23-11-22-16)24-4-5-25-13(3)10-24/h6-8,11-13H,4-5,9-10H2,1-3H3/t13-/m1/s1. The van der Waals surface area contributed by atoms with E-state index in [1.165, 1.54) is 0 Å². The van der Waals surface area contributed by atoms with E-state index in [1.54, 1.807) is 6.33 Å². The molecule has 2 aromatic rings. The van der Waals surface area contributed by atoms with Crippen molar-refractivity contribution in [3.8, 4) is 5.88 Å². The minimum atomic E-state index is 0.0799. The van der Waals surface area contributed by atoms with Crippen LogP contribution in [0.5, 0.6) is 5.88 Å². The Morgan fingerprint density at radius 3 is 2.92 bits per heavy atom. The van der Waals surface area contributed by atoms with Crippen LogP contribution in [0, 0.1) is 0 Å². The first kappa shape index (κ1) is 16.9. The van der Waals surface area contributed by atoms with Gasteiger partial charge in [0.25, 0.3) is 0 Å². The number of hydrogen-bond acceptors (Lipinski definition) is 7. The van der Waals surface area contributed by atoms with E-state index < -0.39 is 0 Å². The predicted molar refractivity (Wildman–Crippen MR) is 99.0 cm³/mol. The molecule has 0 unspecified atom stereocenters. The molecule has 4 heterocycles. The maximum absolute atomic E-state index is 5.73. The average Bonchev–Trinajstić information content (AvgIpc) is 3.04. The molecule has 0 aromatic carbocycles. The van der Waals surface area contributed by atoms with Gasteiger partial charge in [-0.1, -0.05) is 0 Å². The topological polar surface area (TPSA) is 72.7 Å². The molecule has 0 saturated carbocycles. The lowest BCUT2D eigenvalue weighted by atomic mass is 10.1. The predicted octanol–water partition coefficient (Wildman–Crippen LogP) is 2.23. The van der Waals surface area contributed by atoms with Gasteiger partial charge in [-0.2, -0.15) is 0 Å². The van der Waals surface area contributed by atoms with E-state index in [2.05, 4.69) is 31.8 Å². The van der Waals surface area contributed by atoms with E-state index in [0.717, 1.165) is 41.4 Å². The fourth-order valence-corrected chi connectivity index (χ4v) is 3.26. The van der Waals surface area contributed by atoms with Crippen LogP contribution in [0.4, 0.5) is 5.82 Å². The Morgan fingerprint density at radius 2 is 2.12 bits per heavy atom. The number of fused-ring (bicyclic) bond motifs is 1. The number of rotatable bonds is 4. The summed E-state index contributed by atoms with van der Waals surface area (Å²) in [6, 6.07) is 3.97. The molecule has 1 saturated heterocycles. The molecule has 2 aliphatic rings. The fourth-order valence-electron chi connectivity index (χ4n) is 3.26. The highest BCUT2D eigenvalue weighted by atomic mass is 16.5. The van der Waals surface area contributed by atoms with Gasteiger partial charge in [0, 0.05) is 42.5 Å². The maximum Gasteiger partial charge on any atom is 0.214 e. The molecular formula is C19H23N5O2. The van der Waals surface area contributed by atoms with Gasteiger partial charge >= 0.3 is 0 Å². The van der Waals surface area contributed by atoms with Gasteiger partial charge in [-0.15, -0.1) is 0 Å². The number of anilines is 1. The number of ether oxygens (including phenoxy) is 2. The molecule has 0 spiro atoms. The third-order valence-corrected chi connectivity index (χ3v) is 4.44. The lowest BCUT2D eigenvalue weighted by Crippen LogP contribution is -2.41. The van der Waals surface area contributed by atoms with Crippen LogP contribution in [-0.2, 0) is 11.3 Å². The van der Waals surface area contributed by atoms with Crippen molar-refractivity contribution in [2.24, 2.45) is 4.99 Å². The minimum absolute atomic E-state index is 0.0799. The molecule has 0 aliphatic carbocycles. The monoisotopic (exact) mass is 353 g/mol. The molecule has 2 aliphatic heterocycles. The van der Waals surface area contributed by atoms with Gasteiger partial charge in [-0.3, -0.25) is 4.99 Å². The van der Waals surface area contributed by atoms with Crippen molar-refractivity contribution >= 4 is 11.5 Å². The Labute approximate surface area is 153 Å². The summed E-state index contributed by atoms with van der Waals surface area (Å²) in [4.78, 5) is 20.2. The van der Waals surface area contributed by atoms with Crippen molar-refractivity contribution in [1.82, 2.24) is 15.0 Å². The van der Waals surface area contributed by atoms with Gasteiger partial charge in [-0.05, 0) is 20.8 Å². The van der Waals surface area contributed by atoms with Crippen molar-refractivity contribution in [3.05, 3.63) is 41.5 Å². The summed E-state index contributed by atoms with van der Waals surface area (Å²) >= 11 is 0. The number of hydrogen-bond donors (Lipinski definition) is 0. The van der Waals surface area contributed by atoms with Crippen molar-refractivity contribution < 1.29 is 9.47 Å². The second kappa shape index (κ2) is 6.99. The highest BCUT2D eigenvalue weighted by Gasteiger charge is 2.23. The van der Waals surface area contributed by atoms with Gasteiger partial charge in [0.1, 0.15) is 12.1 Å². The summed E-state index contributed by atoms with van der Waals surface area (Å²) in [5, 5.41) is 0. The first-order valence-electron chi connectivity index (χ1n) is 8.99. The molecule has 136 valence electrons. The van der Waals surface area contributed by atoms with Crippen LogP contribution >= 0.6 is 0 Å². The average molecular weight is 353 g/mol. The van der Waals surface area contributed by atoms with E-state index in [1.807, 2.05) is 32.2 Å². The first-order chi connectivity index (χ1) is 12.6. The lowest BCUT2D eigenvalue weighted by molar-refractivity contribution is 0.0529. The Morgan fingerprint density at radius 1 is 1.23 bits per heavy atom. The van der Waals surface area contributed by atoms with Crippen LogP contribution in [-0.4, -0.2) is 52.6 Å². The number of pyridine rings is 1. The molecule has 1 fully saturated rings. The molecule has 0 bridgehead atoms. The SMILES string of the molecule is CC(C)Oc1cc2c(cn1)CN=C2c1cc(N2CCO[C@H](C)C2)ncn1. The highest BCUT2D eigenvalue weighted by molar-refractivity contribution is 6.14. The van der Waals surface area contributed by atoms with Crippen molar-refractivity contribution in [3.63, 3.8) is 0 Å². The van der Waals surface area contributed by atoms with Crippen molar-refractivity contribution in [2.75, 3.05) is 24.6 Å². The number of aromatic nitrogens is 3. The quantitative estimate of drug-likeness (QED) is 0.839. The van der Waals surface area contributed by atoms with E-state index >= 15 is 0 Å². The smallest absolute Gasteiger partial charge is 0.214 e. The van der Waals surface area contributed by atoms with Crippen molar-refractivity contribution in [1.29, 1.82) is 0 Å². The molecule has 4 rings (SSSR count). The zero-order chi connectivity index (χ0) is 18.1. The molecule has 0 N–H and O–H groups in total. The number of nitrogens with zero attached hydrogens (tertiary/aromatic N) is 5. The molecule has 0 radical (unpaired) electrons. The zero-order valence-corrected chi connectivity index (χ0v) is 15.3. The Hall–Kier alpha value is -2.54. The molecule has 7 heteroatoms. The van der Waals surface area contributed by atoms with Crippen molar-refractivity contribution in [2.45, 2.75) is 39.5 Å². The second-order valence-electron chi connectivity index (χ2n) is 6.90. The summed E-state index contributed by atoms with van der Waals surface area (Å²) in [7, 11) is 0. The highest BCUT2D eigenvalue weighted by Crippen LogP contribution is 2.26. The molecule has 2 aromatic heterocycles. The summed E-state index contributed by atoms with van der Waals surface area (Å²) in [5.74, 6) is 1.53. The molecule has 7 nitrogen and oxygen atoms in total. The number of morpholine rings is 1. The van der Waals surface area contributed by atoms with Gasteiger partial charge in [0.15, 0.2) is 0 Å². The third kappa shape index (κ3) is 3.39. The first-order valence-corrected chi connectivity index (χ1v) is 8.99. The fraction of sp³-hybridized carbons (Fsp3) is 0.474. The second-order valence-corrected chi connectivity index (χ2v) is 6.90. The normalized spacial score (nSPS) is 19.5. The molecule has 1 atom stereocenters. The Bertz CT molecular complexity index is 836. The zero-order valence-electron chi connectivity index (χ0n) is 15.3. The number of aliphatic imine (C=N–C) groups is 1. The van der Waals surface area contributed by atoms with E-state index in [0.29, 0.717) is 19.0 Å². The van der Waals surface area contributed by atoms with E-state index in [4.69, 9.17) is 9.47 Å². The largest absolute Gasteiger partial charge is 0.475 e. The Balaban J connectivity index is 1.63. The van der Waals surface area contributed by atoms with Crippen LogP contribution in [0.3, 0.4) is 0 Å². The van der Waals surface area contributed by atoms with Gasteiger partial charge in [0.2, 0.25) is 5.88 Å². The van der Waals surface area contributed by atoms with Crippen LogP contribution < -0.4 is 9.64 Å². The van der Waals surface area contributed by atoms with Crippen LogP contribution in [0.15, 0.2) is 29.6 Å². The van der Waals surface area contributed by atoms with Crippen LogP contribution in [0.25, 0.3) is 0 Å². The molecular weight excluding hydrogens is 330 g/mol. The van der Waals surface area contributed by atoms with E-state index in [9.17, 15) is 0 Å². The van der Waals surface area contributed by atoms with Gasteiger partial charge in [-0.25, -0.2) is 15.0 Å². The lowest BCUT2D eigenvalue weighted by Gasteiger charge is -2.32. The minimum Gasteiger partial charge on any atom is -0.475 e. The molecule has 26 heavy (non-hydrogen) atoms. The third-order valence-electron chi connectivity index (χ3n) is 4.44. The van der Waals surface area contributed by atoms with Crippen LogP contribution in [0.2, 0.25) is 0 Å².